The van der Waals surface area contributed by atoms with Gasteiger partial charge in [0.2, 0.25) is 0 Å². The molecule has 0 saturated heterocycles. The van der Waals surface area contributed by atoms with Crippen LogP contribution in [0.2, 0.25) is 0 Å². The second-order valence-corrected chi connectivity index (χ2v) is 0.224. The van der Waals surface area contributed by atoms with Crippen molar-refractivity contribution in [2.75, 3.05) is 0 Å². The van der Waals surface area contributed by atoms with E-state index in [0.29, 0.717) is 0 Å². The van der Waals surface area contributed by atoms with Crippen LogP contribution < -0.4 is 6.15 Å². The Morgan fingerprint density at radius 3 is 1.29 bits per heavy atom. The monoisotopic (exact) mass is 238 g/mol. The third-order valence-electron chi connectivity index (χ3n) is 0. The van der Waals surface area contributed by atoms with Crippen molar-refractivity contribution >= 4 is 0 Å². The van der Waals surface area contributed by atoms with Crippen LogP contribution in [0.3, 0.4) is 0 Å². The molecule has 0 unspecified atom stereocenters. The van der Waals surface area contributed by atoms with E-state index in [1.54, 1.807) is 0 Å². The smallest absolute Gasteiger partial charge is 0.412 e. The van der Waals surface area contributed by atoms with Crippen LogP contribution in [0.25, 0.3) is 0 Å². The normalized spacial score (nSPS) is 3.43. The first-order valence-corrected chi connectivity index (χ1v) is 0.548. The SMILES string of the molecule is O.O=[N+]([O-])[O-].[Ce+4].[NH4+]. The zero-order valence-corrected chi connectivity index (χ0v) is 6.81. The Morgan fingerprint density at radius 1 is 1.29 bits per heavy atom. The molecule has 0 aromatic rings. The molecule has 0 spiro atoms. The number of hydrogen-bond donors (Lipinski definition) is 1. The van der Waals surface area contributed by atoms with E-state index in [2.05, 4.69) is 0 Å². The third-order valence-corrected chi connectivity index (χ3v) is 0. The molecule has 0 bridgehead atoms. The van der Waals surface area contributed by atoms with E-state index in [9.17, 15) is 0 Å². The minimum atomic E-state index is -1.75. The Kier molecular flexibility index (Phi) is 59.4. The van der Waals surface area contributed by atoms with Gasteiger partial charge < -0.3 is 26.9 Å². The fourth-order valence-electron chi connectivity index (χ4n) is 0. The number of nitrogens with zero attached hydrogens (tertiary/aromatic N) is 1. The van der Waals surface area contributed by atoms with Gasteiger partial charge in [0, 0.05) is 0 Å². The van der Waals surface area contributed by atoms with Crippen LogP contribution in [0.5, 0.6) is 0 Å². The van der Waals surface area contributed by atoms with Crippen LogP contribution in [0.1, 0.15) is 0 Å². The van der Waals surface area contributed by atoms with Crippen molar-refractivity contribution < 1.29 is 52.3 Å². The average Bonchev–Trinajstić information content (AvgIpc) is 0.811. The second-order valence-electron chi connectivity index (χ2n) is 0.224. The Labute approximate surface area is 73.3 Å². The van der Waals surface area contributed by atoms with Crippen molar-refractivity contribution in [2.24, 2.45) is 0 Å². The van der Waals surface area contributed by atoms with Crippen LogP contribution in [-0.2, 0) is 0 Å². The Hall–Kier alpha value is 0.497. The van der Waals surface area contributed by atoms with E-state index in [1.807, 2.05) is 0 Å². The van der Waals surface area contributed by atoms with E-state index in [4.69, 9.17) is 15.3 Å². The van der Waals surface area contributed by atoms with Gasteiger partial charge in [0.1, 0.15) is 0 Å². The summed E-state index contributed by atoms with van der Waals surface area (Å²) in [5.41, 5.74) is 0. The van der Waals surface area contributed by atoms with E-state index in [1.165, 1.54) is 0 Å². The fraction of sp³-hybridized carbons (Fsp3) is 0. The van der Waals surface area contributed by atoms with Crippen LogP contribution in [0.4, 0.5) is 0 Å². The van der Waals surface area contributed by atoms with E-state index >= 15 is 0 Å². The van der Waals surface area contributed by atoms with Crippen LogP contribution >= 0.6 is 0 Å². The molecule has 7 heavy (non-hydrogen) atoms. The molecule has 0 heterocycles. The quantitative estimate of drug-likeness (QED) is 0.442. The maximum absolute atomic E-state index is 8.25. The minimum Gasteiger partial charge on any atom is -0.412 e. The van der Waals surface area contributed by atoms with Crippen molar-refractivity contribution in [3.8, 4) is 0 Å². The summed E-state index contributed by atoms with van der Waals surface area (Å²) in [4.78, 5) is 8.25. The number of rotatable bonds is 0. The first-order chi connectivity index (χ1) is 1.73. The van der Waals surface area contributed by atoms with Gasteiger partial charge in [0.25, 0.3) is 0 Å². The second kappa shape index (κ2) is 16.1. The van der Waals surface area contributed by atoms with Gasteiger partial charge in [-0.1, -0.05) is 0 Å². The summed E-state index contributed by atoms with van der Waals surface area (Å²) in [6.07, 6.45) is 0. The molecule has 0 atom stereocenters. The Balaban J connectivity index is -0.0000000150. The molecule has 0 aliphatic carbocycles. The number of hydrogen-bond acceptors (Lipinski definition) is 3. The topological polar surface area (TPSA) is 134 Å². The zero-order valence-electron chi connectivity index (χ0n) is 3.67. The minimum absolute atomic E-state index is 0. The van der Waals surface area contributed by atoms with E-state index in [-0.39, 0.29) is 53.4 Å². The van der Waals surface area contributed by atoms with Crippen molar-refractivity contribution in [3.05, 3.63) is 15.3 Å². The first kappa shape index (κ1) is 25.9. The molecule has 6 nitrogen and oxygen atoms in total. The first-order valence-electron chi connectivity index (χ1n) is 0.548. The molecular weight excluding hydrogens is 232 g/mol. The molecule has 7 heteroatoms. The van der Waals surface area contributed by atoms with Gasteiger partial charge in [-0.3, -0.25) is 0 Å². The fourth-order valence-corrected chi connectivity index (χ4v) is 0. The summed E-state index contributed by atoms with van der Waals surface area (Å²) in [6, 6.07) is 0. The predicted octanol–water partition coefficient (Wildman–Crippen LogP) is -0.688. The van der Waals surface area contributed by atoms with E-state index < -0.39 is 5.09 Å². The number of quaternary nitrogens is 1. The van der Waals surface area contributed by atoms with Gasteiger partial charge >= 0.3 is 41.7 Å². The molecule has 0 aliphatic rings. The standard InChI is InChI=1S/Ce.NO3.H3N.H2O/c;2-1(3)4;;/h;;1H3;1H2/q+4;-1;;/p+1. The van der Waals surface area contributed by atoms with Crippen LogP contribution in [0.15, 0.2) is 0 Å². The maximum Gasteiger partial charge on any atom is 4.00 e. The maximum atomic E-state index is 8.25. The zero-order chi connectivity index (χ0) is 3.58. The molecule has 0 fully saturated rings. The molecule has 0 rings (SSSR count). The van der Waals surface area contributed by atoms with Gasteiger partial charge in [0.15, 0.2) is 0 Å². The largest absolute Gasteiger partial charge is 4.00 e. The molecule has 40 valence electrons. The predicted molar refractivity (Wildman–Crippen MR) is 20.0 cm³/mol. The summed E-state index contributed by atoms with van der Waals surface area (Å²) in [6.45, 7) is 0. The van der Waals surface area contributed by atoms with Gasteiger partial charge in [0.05, 0.1) is 5.09 Å². The van der Waals surface area contributed by atoms with E-state index in [0.717, 1.165) is 0 Å². The van der Waals surface area contributed by atoms with Crippen molar-refractivity contribution in [1.29, 1.82) is 0 Å². The van der Waals surface area contributed by atoms with Gasteiger partial charge in [-0.15, -0.1) is 0 Å². The van der Waals surface area contributed by atoms with Crippen molar-refractivity contribution in [2.45, 2.75) is 0 Å². The molecule has 0 saturated carbocycles. The molecule has 0 aromatic carbocycles. The Morgan fingerprint density at radius 2 is 1.29 bits per heavy atom. The molecule has 0 aromatic heterocycles. The molecule has 0 radical (unpaired) electrons. The molecular formula is H6CeN2O4+4. The van der Waals surface area contributed by atoms with Gasteiger partial charge in [-0.25, -0.2) is 0 Å². The van der Waals surface area contributed by atoms with Gasteiger partial charge in [-0.2, -0.15) is 0 Å². The average molecular weight is 238 g/mol. The summed E-state index contributed by atoms with van der Waals surface area (Å²) in [5.74, 6) is 0. The van der Waals surface area contributed by atoms with Gasteiger partial charge in [-0.05, 0) is 0 Å². The van der Waals surface area contributed by atoms with Crippen LogP contribution in [0, 0.1) is 57.1 Å². The van der Waals surface area contributed by atoms with Crippen molar-refractivity contribution in [1.82, 2.24) is 6.15 Å². The summed E-state index contributed by atoms with van der Waals surface area (Å²) >= 11 is 0. The molecule has 6 N–H and O–H groups in total. The summed E-state index contributed by atoms with van der Waals surface area (Å²) in [5, 5.41) is 14.8. The third kappa shape index (κ3) is 533. The van der Waals surface area contributed by atoms with Crippen LogP contribution in [-0.4, -0.2) is 10.6 Å². The van der Waals surface area contributed by atoms with Crippen molar-refractivity contribution in [3.63, 3.8) is 0 Å². The summed E-state index contributed by atoms with van der Waals surface area (Å²) in [7, 11) is 0. The Bertz CT molecular complexity index is 32.7. The molecule has 0 aliphatic heterocycles. The summed E-state index contributed by atoms with van der Waals surface area (Å²) < 4.78 is 0. The molecule has 0 amide bonds.